The number of carboxylic acids is 1. The molecule has 1 aliphatic rings. The number of hydrogen-bond donors (Lipinski definition) is 1. The second kappa shape index (κ2) is 5.61. The third kappa shape index (κ3) is 2.98. The quantitative estimate of drug-likeness (QED) is 0.868. The Bertz CT molecular complexity index is 508. The molecular weight excluding hydrogens is 261 g/mol. The van der Waals surface area contributed by atoms with Crippen LogP contribution in [0.15, 0.2) is 24.3 Å². The molecule has 0 aromatic heterocycles. The van der Waals surface area contributed by atoms with E-state index in [1.807, 2.05) is 0 Å². The molecule has 0 bridgehead atoms. The van der Waals surface area contributed by atoms with Gasteiger partial charge in [-0.05, 0) is 37.0 Å². The average Bonchev–Trinajstić information content (AvgIpc) is 3.19. The lowest BCUT2D eigenvalue weighted by Crippen LogP contribution is -2.37. The number of amides is 1. The van der Waals surface area contributed by atoms with Gasteiger partial charge in [-0.15, -0.1) is 0 Å². The summed E-state index contributed by atoms with van der Waals surface area (Å²) in [6.07, 6.45) is 2.03. The van der Waals surface area contributed by atoms with Crippen molar-refractivity contribution in [3.05, 3.63) is 35.6 Å². The average molecular weight is 279 g/mol. The van der Waals surface area contributed by atoms with Gasteiger partial charge in [0.2, 0.25) is 5.91 Å². The number of hydrogen-bond acceptors (Lipinski definition) is 2. The van der Waals surface area contributed by atoms with Crippen LogP contribution in [-0.2, 0) is 15.0 Å². The highest BCUT2D eigenvalue weighted by Crippen LogP contribution is 2.49. The summed E-state index contributed by atoms with van der Waals surface area (Å²) in [6.45, 7) is 0.425. The minimum absolute atomic E-state index is 0.00510. The zero-order valence-electron chi connectivity index (χ0n) is 11.4. The van der Waals surface area contributed by atoms with Gasteiger partial charge in [0.05, 0.1) is 5.41 Å². The van der Waals surface area contributed by atoms with Gasteiger partial charge in [0.1, 0.15) is 5.82 Å². The van der Waals surface area contributed by atoms with Gasteiger partial charge in [-0.25, -0.2) is 4.39 Å². The Labute approximate surface area is 117 Å². The number of carbonyl (C=O) groups excluding carboxylic acids is 1. The molecule has 20 heavy (non-hydrogen) atoms. The summed E-state index contributed by atoms with van der Waals surface area (Å²) in [7, 11) is 1.69. The molecule has 1 saturated carbocycles. The molecule has 0 radical (unpaired) electrons. The molecule has 1 aromatic rings. The summed E-state index contributed by atoms with van der Waals surface area (Å²) in [5.41, 5.74) is 0.320. The van der Waals surface area contributed by atoms with Crippen LogP contribution < -0.4 is 0 Å². The first kappa shape index (κ1) is 14.5. The maximum Gasteiger partial charge on any atom is 0.303 e. The molecule has 1 aromatic carbocycles. The molecule has 1 N–H and O–H groups in total. The number of aliphatic carboxylic acids is 1. The maximum atomic E-state index is 12.9. The number of benzene rings is 1. The van der Waals surface area contributed by atoms with Crippen molar-refractivity contribution in [1.82, 2.24) is 4.90 Å². The number of likely N-dealkylation sites (N-methyl/N-ethyl adjacent to an activating group) is 1. The molecule has 5 heteroatoms. The number of nitrogens with zero attached hydrogens (tertiary/aromatic N) is 1. The molecule has 1 aliphatic carbocycles. The topological polar surface area (TPSA) is 57.6 Å². The van der Waals surface area contributed by atoms with Crippen molar-refractivity contribution in [2.45, 2.75) is 31.1 Å². The Balaban J connectivity index is 2.00. The van der Waals surface area contributed by atoms with Crippen molar-refractivity contribution in [3.8, 4) is 0 Å². The molecule has 0 spiro atoms. The fourth-order valence-corrected chi connectivity index (χ4v) is 2.45. The van der Waals surface area contributed by atoms with Crippen LogP contribution in [-0.4, -0.2) is 35.5 Å². The third-order valence-electron chi connectivity index (χ3n) is 3.79. The van der Waals surface area contributed by atoms with Crippen LogP contribution in [0.2, 0.25) is 0 Å². The first-order chi connectivity index (χ1) is 9.45. The Morgan fingerprint density at radius 3 is 2.40 bits per heavy atom. The fourth-order valence-electron chi connectivity index (χ4n) is 2.45. The molecule has 1 fully saturated rings. The first-order valence-corrected chi connectivity index (χ1v) is 6.69. The third-order valence-corrected chi connectivity index (χ3v) is 3.79. The Morgan fingerprint density at radius 2 is 1.90 bits per heavy atom. The van der Waals surface area contributed by atoms with E-state index < -0.39 is 11.4 Å². The lowest BCUT2D eigenvalue weighted by Gasteiger charge is -2.23. The minimum atomic E-state index is -0.856. The summed E-state index contributed by atoms with van der Waals surface area (Å²) in [5.74, 6) is -1.17. The SMILES string of the molecule is CN(CCCC(=O)O)C(=O)C1(c2ccc(F)cc2)CC1. The van der Waals surface area contributed by atoms with E-state index in [-0.39, 0.29) is 18.1 Å². The second-order valence-corrected chi connectivity index (χ2v) is 5.31. The molecule has 0 saturated heterocycles. The Morgan fingerprint density at radius 1 is 1.30 bits per heavy atom. The lowest BCUT2D eigenvalue weighted by atomic mass is 9.94. The molecule has 4 nitrogen and oxygen atoms in total. The van der Waals surface area contributed by atoms with Gasteiger partial charge in [0, 0.05) is 20.0 Å². The van der Waals surface area contributed by atoms with Crippen LogP contribution in [0, 0.1) is 5.82 Å². The van der Waals surface area contributed by atoms with E-state index >= 15 is 0 Å². The highest BCUT2D eigenvalue weighted by molar-refractivity contribution is 5.91. The molecule has 0 aliphatic heterocycles. The van der Waals surface area contributed by atoms with E-state index in [9.17, 15) is 14.0 Å². The zero-order valence-corrected chi connectivity index (χ0v) is 11.4. The monoisotopic (exact) mass is 279 g/mol. The van der Waals surface area contributed by atoms with E-state index in [1.54, 1.807) is 24.1 Å². The van der Waals surface area contributed by atoms with Gasteiger partial charge < -0.3 is 10.0 Å². The smallest absolute Gasteiger partial charge is 0.303 e. The highest BCUT2D eigenvalue weighted by Gasteiger charge is 2.52. The first-order valence-electron chi connectivity index (χ1n) is 6.69. The predicted octanol–water partition coefficient (Wildman–Crippen LogP) is 2.18. The van der Waals surface area contributed by atoms with Crippen molar-refractivity contribution >= 4 is 11.9 Å². The Hall–Kier alpha value is -1.91. The summed E-state index contributed by atoms with van der Waals surface area (Å²) >= 11 is 0. The van der Waals surface area contributed by atoms with Crippen molar-refractivity contribution in [1.29, 1.82) is 0 Å². The number of carbonyl (C=O) groups is 2. The van der Waals surface area contributed by atoms with Crippen molar-refractivity contribution in [2.24, 2.45) is 0 Å². The van der Waals surface area contributed by atoms with Crippen molar-refractivity contribution in [3.63, 3.8) is 0 Å². The molecule has 2 rings (SSSR count). The summed E-state index contributed by atoms with van der Waals surface area (Å²) in [5, 5.41) is 8.60. The molecular formula is C15H18FNO3. The summed E-state index contributed by atoms with van der Waals surface area (Å²) in [4.78, 5) is 24.5. The predicted molar refractivity (Wildman–Crippen MR) is 71.8 cm³/mol. The van der Waals surface area contributed by atoms with Gasteiger partial charge in [-0.3, -0.25) is 9.59 Å². The van der Waals surface area contributed by atoms with Gasteiger partial charge in [-0.2, -0.15) is 0 Å². The zero-order chi connectivity index (χ0) is 14.8. The van der Waals surface area contributed by atoms with E-state index in [1.165, 1.54) is 12.1 Å². The van der Waals surface area contributed by atoms with Crippen molar-refractivity contribution < 1.29 is 19.1 Å². The van der Waals surface area contributed by atoms with E-state index in [2.05, 4.69) is 0 Å². The van der Waals surface area contributed by atoms with Crippen LogP contribution >= 0.6 is 0 Å². The summed E-state index contributed by atoms with van der Waals surface area (Å²) in [6, 6.07) is 6.05. The van der Waals surface area contributed by atoms with Crippen LogP contribution in [0.1, 0.15) is 31.2 Å². The van der Waals surface area contributed by atoms with Gasteiger partial charge in [0.15, 0.2) is 0 Å². The lowest BCUT2D eigenvalue weighted by molar-refractivity contribution is -0.138. The maximum absolute atomic E-state index is 12.9. The van der Waals surface area contributed by atoms with Gasteiger partial charge in [0.25, 0.3) is 0 Å². The van der Waals surface area contributed by atoms with E-state index in [4.69, 9.17) is 5.11 Å². The molecule has 108 valence electrons. The Kier molecular flexibility index (Phi) is 4.06. The highest BCUT2D eigenvalue weighted by atomic mass is 19.1. The molecule has 1 amide bonds. The molecule has 0 atom stereocenters. The molecule has 0 heterocycles. The van der Waals surface area contributed by atoms with Crippen LogP contribution in [0.4, 0.5) is 4.39 Å². The van der Waals surface area contributed by atoms with Crippen LogP contribution in [0.5, 0.6) is 0 Å². The van der Waals surface area contributed by atoms with Gasteiger partial charge >= 0.3 is 5.97 Å². The second-order valence-electron chi connectivity index (χ2n) is 5.31. The number of halogens is 1. The number of rotatable bonds is 6. The van der Waals surface area contributed by atoms with Gasteiger partial charge in [-0.1, -0.05) is 12.1 Å². The van der Waals surface area contributed by atoms with Crippen LogP contribution in [0.3, 0.4) is 0 Å². The van der Waals surface area contributed by atoms with E-state index in [0.717, 1.165) is 18.4 Å². The van der Waals surface area contributed by atoms with E-state index in [0.29, 0.717) is 13.0 Å². The summed E-state index contributed by atoms with van der Waals surface area (Å²) < 4.78 is 12.9. The van der Waals surface area contributed by atoms with Crippen LogP contribution in [0.25, 0.3) is 0 Å². The molecule has 0 unspecified atom stereocenters. The standard InChI is InChI=1S/C15H18FNO3/c1-17(10-2-3-13(18)19)14(20)15(8-9-15)11-4-6-12(16)7-5-11/h4-7H,2-3,8-10H2,1H3,(H,18,19). The fraction of sp³-hybridized carbons (Fsp3) is 0.467. The van der Waals surface area contributed by atoms with Crippen molar-refractivity contribution in [2.75, 3.05) is 13.6 Å². The number of carboxylic acid groups (broad SMARTS) is 1. The largest absolute Gasteiger partial charge is 0.481 e. The minimum Gasteiger partial charge on any atom is -0.481 e. The normalized spacial score (nSPS) is 15.7.